The van der Waals surface area contributed by atoms with Crippen LogP contribution in [-0.4, -0.2) is 6.04 Å². The number of hydrogen-bond acceptors (Lipinski definition) is 1. The highest BCUT2D eigenvalue weighted by Gasteiger charge is 2.54. The zero-order valence-corrected chi connectivity index (χ0v) is 11.2. The Morgan fingerprint density at radius 1 is 1.24 bits per heavy atom. The van der Waals surface area contributed by atoms with Crippen molar-refractivity contribution in [1.82, 2.24) is 0 Å². The molecule has 0 aromatic heterocycles. The van der Waals surface area contributed by atoms with E-state index >= 15 is 0 Å². The molecule has 3 rings (SSSR count). The zero-order chi connectivity index (χ0) is 12.0. The van der Waals surface area contributed by atoms with Crippen molar-refractivity contribution < 1.29 is 0 Å². The summed E-state index contributed by atoms with van der Waals surface area (Å²) in [5.41, 5.74) is 7.45. The van der Waals surface area contributed by atoms with Crippen LogP contribution in [0.15, 0.2) is 18.2 Å². The Labute approximate surface area is 112 Å². The van der Waals surface area contributed by atoms with Crippen molar-refractivity contribution in [3.63, 3.8) is 0 Å². The fourth-order valence-electron chi connectivity index (χ4n) is 3.59. The second-order valence-corrected chi connectivity index (χ2v) is 6.28. The second-order valence-electron chi connectivity index (χ2n) is 5.44. The minimum Gasteiger partial charge on any atom is -0.327 e. The Morgan fingerprint density at radius 3 is 2.59 bits per heavy atom. The Morgan fingerprint density at radius 2 is 1.94 bits per heavy atom. The Hall–Kier alpha value is -0.240. The number of fused-ring (bicyclic) bond motifs is 1. The Balaban J connectivity index is 1.66. The zero-order valence-electron chi connectivity index (χ0n) is 9.70. The van der Waals surface area contributed by atoms with Gasteiger partial charge in [-0.3, -0.25) is 0 Å². The van der Waals surface area contributed by atoms with Crippen LogP contribution >= 0.6 is 23.2 Å². The van der Waals surface area contributed by atoms with Crippen LogP contribution in [-0.2, 0) is 6.42 Å². The van der Waals surface area contributed by atoms with Gasteiger partial charge in [-0.05, 0) is 54.7 Å². The smallest absolute Gasteiger partial charge is 0.0453 e. The van der Waals surface area contributed by atoms with Gasteiger partial charge in [0.25, 0.3) is 0 Å². The molecule has 0 radical (unpaired) electrons. The molecule has 3 atom stereocenters. The molecule has 2 N–H and O–H groups in total. The SMILES string of the molecule is NC(Cc1ccc(Cl)cc1Cl)C1C2CCCC21. The van der Waals surface area contributed by atoms with E-state index in [2.05, 4.69) is 0 Å². The molecule has 1 nitrogen and oxygen atoms in total. The summed E-state index contributed by atoms with van der Waals surface area (Å²) in [5, 5.41) is 1.44. The molecule has 0 aliphatic heterocycles. The molecule has 1 aromatic carbocycles. The van der Waals surface area contributed by atoms with Crippen molar-refractivity contribution in [2.75, 3.05) is 0 Å². The second kappa shape index (κ2) is 4.46. The van der Waals surface area contributed by atoms with Gasteiger partial charge in [0.1, 0.15) is 0 Å². The van der Waals surface area contributed by atoms with Crippen LogP contribution in [0, 0.1) is 17.8 Å². The van der Waals surface area contributed by atoms with Gasteiger partial charge < -0.3 is 5.73 Å². The third-order valence-corrected chi connectivity index (χ3v) is 5.02. The van der Waals surface area contributed by atoms with E-state index in [4.69, 9.17) is 28.9 Å². The van der Waals surface area contributed by atoms with Crippen LogP contribution in [0.3, 0.4) is 0 Å². The molecule has 2 fully saturated rings. The van der Waals surface area contributed by atoms with Gasteiger partial charge in [-0.1, -0.05) is 35.7 Å². The average Bonchev–Trinajstić information content (AvgIpc) is 2.77. The molecule has 1 aromatic rings. The third kappa shape index (κ3) is 2.21. The van der Waals surface area contributed by atoms with Gasteiger partial charge >= 0.3 is 0 Å². The van der Waals surface area contributed by atoms with Gasteiger partial charge in [0.05, 0.1) is 0 Å². The van der Waals surface area contributed by atoms with Crippen molar-refractivity contribution in [2.45, 2.75) is 31.7 Å². The molecule has 92 valence electrons. The molecular weight excluding hydrogens is 253 g/mol. The molecule has 2 saturated carbocycles. The maximum Gasteiger partial charge on any atom is 0.0453 e. The lowest BCUT2D eigenvalue weighted by molar-refractivity contribution is 0.484. The fraction of sp³-hybridized carbons (Fsp3) is 0.571. The molecule has 17 heavy (non-hydrogen) atoms. The van der Waals surface area contributed by atoms with Crippen LogP contribution < -0.4 is 5.73 Å². The molecule has 0 saturated heterocycles. The third-order valence-electron chi connectivity index (χ3n) is 4.44. The first kappa shape index (κ1) is 11.8. The number of nitrogens with two attached hydrogens (primary N) is 1. The highest BCUT2D eigenvalue weighted by Crippen LogP contribution is 2.58. The highest BCUT2D eigenvalue weighted by molar-refractivity contribution is 6.35. The van der Waals surface area contributed by atoms with Gasteiger partial charge in [-0.15, -0.1) is 0 Å². The monoisotopic (exact) mass is 269 g/mol. The summed E-state index contributed by atoms with van der Waals surface area (Å²) >= 11 is 12.1. The Bertz CT molecular complexity index is 422. The summed E-state index contributed by atoms with van der Waals surface area (Å²) < 4.78 is 0. The summed E-state index contributed by atoms with van der Waals surface area (Å²) in [7, 11) is 0. The van der Waals surface area contributed by atoms with Crippen molar-refractivity contribution in [2.24, 2.45) is 23.5 Å². The minimum absolute atomic E-state index is 0.268. The highest BCUT2D eigenvalue weighted by atomic mass is 35.5. The van der Waals surface area contributed by atoms with E-state index < -0.39 is 0 Å². The predicted octanol–water partition coefficient (Wildman–Crippen LogP) is 3.91. The van der Waals surface area contributed by atoms with Crippen LogP contribution in [0.1, 0.15) is 24.8 Å². The number of hydrogen-bond donors (Lipinski definition) is 1. The number of benzene rings is 1. The van der Waals surface area contributed by atoms with Crippen LogP contribution in [0.5, 0.6) is 0 Å². The van der Waals surface area contributed by atoms with Crippen LogP contribution in [0.2, 0.25) is 10.0 Å². The lowest BCUT2D eigenvalue weighted by Crippen LogP contribution is -2.27. The van der Waals surface area contributed by atoms with Gasteiger partial charge in [0.15, 0.2) is 0 Å². The van der Waals surface area contributed by atoms with Crippen molar-refractivity contribution in [3.05, 3.63) is 33.8 Å². The maximum absolute atomic E-state index is 6.32. The van der Waals surface area contributed by atoms with Crippen LogP contribution in [0.4, 0.5) is 0 Å². The molecule has 0 spiro atoms. The normalized spacial score (nSPS) is 32.3. The van der Waals surface area contributed by atoms with E-state index in [1.165, 1.54) is 19.3 Å². The topological polar surface area (TPSA) is 26.0 Å². The molecule has 0 heterocycles. The van der Waals surface area contributed by atoms with E-state index in [0.29, 0.717) is 5.02 Å². The van der Waals surface area contributed by atoms with E-state index in [1.807, 2.05) is 12.1 Å². The summed E-state index contributed by atoms with van der Waals surface area (Å²) in [6, 6.07) is 5.97. The van der Waals surface area contributed by atoms with Gasteiger partial charge in [-0.2, -0.15) is 0 Å². The van der Waals surface area contributed by atoms with Crippen molar-refractivity contribution in [3.8, 4) is 0 Å². The first-order valence-corrected chi connectivity index (χ1v) is 7.12. The lowest BCUT2D eigenvalue weighted by atomic mass is 9.98. The number of halogens is 2. The summed E-state index contributed by atoms with van der Waals surface area (Å²) in [4.78, 5) is 0. The Kier molecular flexibility index (Phi) is 3.10. The molecule has 0 bridgehead atoms. The summed E-state index contributed by atoms with van der Waals surface area (Å²) in [5.74, 6) is 2.57. The predicted molar refractivity (Wildman–Crippen MR) is 72.5 cm³/mol. The molecule has 2 aliphatic carbocycles. The summed E-state index contributed by atoms with van der Waals surface area (Å²) in [6.45, 7) is 0. The molecule has 2 aliphatic rings. The van der Waals surface area contributed by atoms with Crippen molar-refractivity contribution >= 4 is 23.2 Å². The minimum atomic E-state index is 0.268. The quantitative estimate of drug-likeness (QED) is 0.885. The van der Waals surface area contributed by atoms with E-state index in [1.54, 1.807) is 6.07 Å². The van der Waals surface area contributed by atoms with E-state index in [0.717, 1.165) is 34.8 Å². The molecular formula is C14H17Cl2N. The van der Waals surface area contributed by atoms with E-state index in [-0.39, 0.29) is 6.04 Å². The fourth-order valence-corrected chi connectivity index (χ4v) is 4.07. The van der Waals surface area contributed by atoms with Crippen LogP contribution in [0.25, 0.3) is 0 Å². The summed E-state index contributed by atoms with van der Waals surface area (Å²) in [6.07, 6.45) is 5.06. The lowest BCUT2D eigenvalue weighted by Gasteiger charge is -2.14. The standard InChI is InChI=1S/C14H17Cl2N/c15-9-5-4-8(12(16)7-9)6-13(17)14-10-2-1-3-11(10)14/h4-5,7,10-11,13-14H,1-3,6,17H2. The van der Waals surface area contributed by atoms with Crippen molar-refractivity contribution in [1.29, 1.82) is 0 Å². The molecule has 0 amide bonds. The maximum atomic E-state index is 6.32. The average molecular weight is 270 g/mol. The largest absolute Gasteiger partial charge is 0.327 e. The number of rotatable bonds is 3. The van der Waals surface area contributed by atoms with E-state index in [9.17, 15) is 0 Å². The molecule has 3 unspecified atom stereocenters. The molecule has 3 heteroatoms. The first-order valence-electron chi connectivity index (χ1n) is 6.36. The van der Waals surface area contributed by atoms with Gasteiger partial charge in [0, 0.05) is 16.1 Å². The first-order chi connectivity index (χ1) is 8.16. The van der Waals surface area contributed by atoms with Gasteiger partial charge in [-0.25, -0.2) is 0 Å². The van der Waals surface area contributed by atoms with Gasteiger partial charge in [0.2, 0.25) is 0 Å².